The van der Waals surface area contributed by atoms with Gasteiger partial charge in [0.15, 0.2) is 0 Å². The maximum absolute atomic E-state index is 13.7. The molecule has 5 N–H and O–H groups in total. The number of carbonyl (C=O) groups excluding carboxylic acids is 1. The molecule has 0 aliphatic carbocycles. The van der Waals surface area contributed by atoms with E-state index in [1.807, 2.05) is 0 Å². The largest absolute Gasteiger partial charge is 0.388 e. The molecule has 0 aromatic rings. The normalized spacial score (nSPS) is 44.0. The number of carbonyl (C=O) groups is 1. The third kappa shape index (κ3) is 7.41. The van der Waals surface area contributed by atoms with Crippen molar-refractivity contribution in [1.82, 2.24) is 15.5 Å². The first kappa shape index (κ1) is 30.7. The van der Waals surface area contributed by atoms with Crippen molar-refractivity contribution < 1.29 is 34.3 Å². The van der Waals surface area contributed by atoms with E-state index in [1.165, 1.54) is 18.2 Å². The number of nitrogens with zero attached hydrogens (tertiary/aromatic N) is 1. The molecule has 1 amide bonds. The van der Waals surface area contributed by atoms with E-state index < -0.39 is 41.9 Å². The molecule has 11 heteroatoms. The fourth-order valence-corrected chi connectivity index (χ4v) is 8.30. The van der Waals surface area contributed by atoms with E-state index in [0.29, 0.717) is 36.5 Å². The van der Waals surface area contributed by atoms with E-state index >= 15 is 0 Å². The van der Waals surface area contributed by atoms with Crippen LogP contribution in [0.25, 0.3) is 0 Å². The molecule has 5 rings (SSSR count). The average Bonchev–Trinajstić information content (AvgIpc) is 3.22. The van der Waals surface area contributed by atoms with E-state index in [1.54, 1.807) is 0 Å². The minimum atomic E-state index is -1.35. The molecule has 2 bridgehead atoms. The van der Waals surface area contributed by atoms with Gasteiger partial charge in [-0.05, 0) is 49.4 Å². The second kappa shape index (κ2) is 14.1. The summed E-state index contributed by atoms with van der Waals surface area (Å²) in [4.78, 5) is 16.1. The quantitative estimate of drug-likeness (QED) is 0.279. The number of rotatable bonds is 6. The van der Waals surface area contributed by atoms with Crippen LogP contribution in [0.1, 0.15) is 39.5 Å². The molecule has 0 aromatic carbocycles. The van der Waals surface area contributed by atoms with Gasteiger partial charge in [0, 0.05) is 38.5 Å². The molecule has 6 unspecified atom stereocenters. The van der Waals surface area contributed by atoms with Crippen molar-refractivity contribution >= 4 is 17.7 Å². The van der Waals surface area contributed by atoms with Crippen molar-refractivity contribution in [3.05, 3.63) is 12.2 Å². The summed E-state index contributed by atoms with van der Waals surface area (Å²) >= 11 is 1.46. The average molecular weight is 584 g/mol. The molecule has 40 heavy (non-hydrogen) atoms. The van der Waals surface area contributed by atoms with E-state index in [2.05, 4.69) is 41.5 Å². The molecule has 0 spiro atoms. The Kier molecular flexibility index (Phi) is 10.8. The molecule has 5 aliphatic rings. The van der Waals surface area contributed by atoms with Gasteiger partial charge in [0.2, 0.25) is 5.91 Å². The van der Waals surface area contributed by atoms with Crippen LogP contribution in [0.4, 0.5) is 0 Å². The number of hydrogen-bond acceptors (Lipinski definition) is 10. The molecule has 10 nitrogen and oxygen atoms in total. The Morgan fingerprint density at radius 1 is 1.12 bits per heavy atom. The van der Waals surface area contributed by atoms with Crippen LogP contribution in [0, 0.1) is 23.7 Å². The van der Waals surface area contributed by atoms with Gasteiger partial charge in [-0.2, -0.15) is 0 Å². The van der Waals surface area contributed by atoms with Gasteiger partial charge in [0.1, 0.15) is 35.9 Å². The molecule has 228 valence electrons. The summed E-state index contributed by atoms with van der Waals surface area (Å²) in [7, 11) is 0. The van der Waals surface area contributed by atoms with Crippen LogP contribution in [-0.4, -0.2) is 126 Å². The molecular formula is C29H49N3O7S. The van der Waals surface area contributed by atoms with E-state index in [-0.39, 0.29) is 17.9 Å². The monoisotopic (exact) mass is 583 g/mol. The lowest BCUT2D eigenvalue weighted by Crippen LogP contribution is -2.64. The Morgan fingerprint density at radius 2 is 1.93 bits per heavy atom. The van der Waals surface area contributed by atoms with Gasteiger partial charge in [-0.15, -0.1) is 11.8 Å². The summed E-state index contributed by atoms with van der Waals surface area (Å²) < 4.78 is 18.0. The minimum Gasteiger partial charge on any atom is -0.388 e. The van der Waals surface area contributed by atoms with E-state index in [4.69, 9.17) is 14.2 Å². The van der Waals surface area contributed by atoms with Gasteiger partial charge in [-0.1, -0.05) is 26.0 Å². The van der Waals surface area contributed by atoms with Crippen molar-refractivity contribution in [2.75, 3.05) is 51.8 Å². The zero-order valence-corrected chi connectivity index (χ0v) is 24.7. The highest BCUT2D eigenvalue weighted by Gasteiger charge is 2.49. The van der Waals surface area contributed by atoms with Crippen LogP contribution in [-0.2, 0) is 19.0 Å². The van der Waals surface area contributed by atoms with Crippen molar-refractivity contribution in [2.24, 2.45) is 23.7 Å². The number of thioether (sulfide) groups is 1. The second-order valence-corrected chi connectivity index (χ2v) is 13.9. The smallest absolute Gasteiger partial charge is 0.240 e. The number of hydrogen-bond donors (Lipinski definition) is 5. The van der Waals surface area contributed by atoms with Crippen LogP contribution >= 0.6 is 11.8 Å². The lowest BCUT2D eigenvalue weighted by Gasteiger charge is -2.44. The van der Waals surface area contributed by atoms with E-state index in [0.717, 1.165) is 52.2 Å². The topological polar surface area (TPSA) is 133 Å². The SMILES string of the molecule is CC(C)C[C@@H]1CCO[C@@H]2[C@H](CN[C@@H]2C(=O)N[C@@H]2C/C=C/C(CN3CCOCC3)CSC3OC2C(O)C(O)C3O)C1. The molecule has 4 fully saturated rings. The molecule has 0 aromatic heterocycles. The van der Waals surface area contributed by atoms with Crippen molar-refractivity contribution in [2.45, 2.75) is 87.6 Å². The third-order valence-corrected chi connectivity index (χ3v) is 10.5. The fourth-order valence-electron chi connectivity index (χ4n) is 7.08. The summed E-state index contributed by atoms with van der Waals surface area (Å²) in [5, 5.41) is 38.9. The van der Waals surface area contributed by atoms with Gasteiger partial charge >= 0.3 is 0 Å². The first-order valence-electron chi connectivity index (χ1n) is 15.2. The summed E-state index contributed by atoms with van der Waals surface area (Å²) in [6.07, 6.45) is 3.05. The summed E-state index contributed by atoms with van der Waals surface area (Å²) in [5.74, 6) is 2.30. The molecule has 5 aliphatic heterocycles. The van der Waals surface area contributed by atoms with Gasteiger partial charge < -0.3 is 40.2 Å². The molecule has 4 saturated heterocycles. The molecular weight excluding hydrogens is 534 g/mol. The van der Waals surface area contributed by atoms with Crippen molar-refractivity contribution in [3.8, 4) is 0 Å². The Morgan fingerprint density at radius 3 is 2.70 bits per heavy atom. The number of morpholine rings is 1. The zero-order chi connectivity index (χ0) is 28.2. The predicted octanol–water partition coefficient (Wildman–Crippen LogP) is 0.350. The lowest BCUT2D eigenvalue weighted by atomic mass is 9.85. The van der Waals surface area contributed by atoms with Crippen LogP contribution in [0.3, 0.4) is 0 Å². The summed E-state index contributed by atoms with van der Waals surface area (Å²) in [5.41, 5.74) is -0.696. The Balaban J connectivity index is 1.28. The Bertz CT molecular complexity index is 859. The van der Waals surface area contributed by atoms with Crippen LogP contribution in [0.2, 0.25) is 0 Å². The highest BCUT2D eigenvalue weighted by Crippen LogP contribution is 2.35. The van der Waals surface area contributed by atoms with Gasteiger partial charge in [0.25, 0.3) is 0 Å². The van der Waals surface area contributed by atoms with Crippen molar-refractivity contribution in [3.63, 3.8) is 0 Å². The Labute approximate surface area is 242 Å². The maximum atomic E-state index is 13.7. The first-order valence-corrected chi connectivity index (χ1v) is 16.3. The fraction of sp³-hybridized carbons (Fsp3) is 0.897. The highest BCUT2D eigenvalue weighted by atomic mass is 32.2. The zero-order valence-electron chi connectivity index (χ0n) is 23.9. The van der Waals surface area contributed by atoms with Crippen LogP contribution < -0.4 is 10.6 Å². The number of fused-ring (bicyclic) bond motifs is 3. The predicted molar refractivity (Wildman–Crippen MR) is 153 cm³/mol. The van der Waals surface area contributed by atoms with Gasteiger partial charge in [-0.3, -0.25) is 9.69 Å². The summed E-state index contributed by atoms with van der Waals surface area (Å²) in [6, 6.07) is -1.04. The number of amides is 1. The van der Waals surface area contributed by atoms with Gasteiger partial charge in [0.05, 0.1) is 25.4 Å². The lowest BCUT2D eigenvalue weighted by molar-refractivity contribution is -0.205. The van der Waals surface area contributed by atoms with Crippen molar-refractivity contribution in [1.29, 1.82) is 0 Å². The third-order valence-electron chi connectivity index (χ3n) is 9.15. The number of ether oxygens (including phenoxy) is 3. The first-order chi connectivity index (χ1) is 19.3. The highest BCUT2D eigenvalue weighted by molar-refractivity contribution is 7.99. The summed E-state index contributed by atoms with van der Waals surface area (Å²) in [6.45, 7) is 10.0. The van der Waals surface area contributed by atoms with Gasteiger partial charge in [-0.25, -0.2) is 0 Å². The Hall–Kier alpha value is -0.760. The number of aliphatic hydroxyl groups excluding tert-OH is 3. The molecule has 0 saturated carbocycles. The second-order valence-electron chi connectivity index (χ2n) is 12.7. The number of aliphatic hydroxyl groups is 3. The molecule has 11 atom stereocenters. The van der Waals surface area contributed by atoms with Crippen LogP contribution in [0.15, 0.2) is 12.2 Å². The molecule has 0 radical (unpaired) electrons. The minimum absolute atomic E-state index is 0.171. The van der Waals surface area contributed by atoms with Crippen LogP contribution in [0.5, 0.6) is 0 Å². The molecule has 5 heterocycles. The van der Waals surface area contributed by atoms with E-state index in [9.17, 15) is 20.1 Å². The standard InChI is InChI=1S/C29H49N3O7S/c1-17(2)12-18-6-9-38-26-20(13-18)14-30-22(26)28(36)31-21-5-3-4-19(15-32-7-10-37-11-8-32)16-40-29-25(35)23(33)24(34)27(21)39-29/h3-4,17-27,29-30,33-35H,5-16H2,1-2H3,(H,31,36)/b4-3+/t18-,19?,20-,21+,22-,23?,24?,25?,26+,27?,29?/m0/s1. The number of nitrogens with one attached hydrogen (secondary N) is 2. The maximum Gasteiger partial charge on any atom is 0.240 e.